The number of amides is 2. The van der Waals surface area contributed by atoms with Crippen molar-refractivity contribution in [2.75, 3.05) is 13.6 Å². The van der Waals surface area contributed by atoms with Crippen LogP contribution in [-0.4, -0.2) is 36.5 Å². The van der Waals surface area contributed by atoms with Crippen LogP contribution in [0.3, 0.4) is 0 Å². The highest BCUT2D eigenvalue weighted by atomic mass is 35.5. The Morgan fingerprint density at radius 2 is 1.60 bits per heavy atom. The van der Waals surface area contributed by atoms with E-state index in [1.54, 1.807) is 36.2 Å². The monoisotopic (exact) mass is 440 g/mol. The summed E-state index contributed by atoms with van der Waals surface area (Å²) in [6.45, 7) is 2.87. The van der Waals surface area contributed by atoms with E-state index in [4.69, 9.17) is 11.6 Å². The van der Waals surface area contributed by atoms with Gasteiger partial charge in [0.1, 0.15) is 6.54 Å². The van der Waals surface area contributed by atoms with Crippen molar-refractivity contribution in [3.8, 4) is 0 Å². The molecule has 1 N–H and O–H groups in total. The number of hydrogen-bond acceptors (Lipinski definition) is 2. The van der Waals surface area contributed by atoms with Crippen molar-refractivity contribution >= 4 is 23.4 Å². The van der Waals surface area contributed by atoms with E-state index in [0.717, 1.165) is 11.1 Å². The second kappa shape index (κ2) is 9.98. The van der Waals surface area contributed by atoms with Crippen molar-refractivity contribution in [1.82, 2.24) is 10.2 Å². The Morgan fingerprint density at radius 1 is 1.03 bits per heavy atom. The number of likely N-dealkylation sites (N-methyl/N-ethyl adjacent to an activating group) is 1. The first kappa shape index (κ1) is 23.7. The Kier molecular flexibility index (Phi) is 7.89. The lowest BCUT2D eigenvalue weighted by molar-refractivity contribution is -0.133. The average Bonchev–Trinajstić information content (AvgIpc) is 2.67. The minimum atomic E-state index is -4.46. The molecule has 0 radical (unpaired) electrons. The van der Waals surface area contributed by atoms with Gasteiger partial charge < -0.3 is 10.2 Å². The van der Waals surface area contributed by atoms with Gasteiger partial charge in [-0.25, -0.2) is 0 Å². The van der Waals surface area contributed by atoms with E-state index in [0.29, 0.717) is 11.6 Å². The first-order valence-corrected chi connectivity index (χ1v) is 9.80. The topological polar surface area (TPSA) is 49.4 Å². The lowest BCUT2D eigenvalue weighted by atomic mass is 9.87. The summed E-state index contributed by atoms with van der Waals surface area (Å²) in [6, 6.07) is 13.3. The highest BCUT2D eigenvalue weighted by Gasteiger charge is 2.28. The fraction of sp³-hybridized carbons (Fsp3) is 0.364. The number of alkyl halides is 3. The Morgan fingerprint density at radius 3 is 2.10 bits per heavy atom. The van der Waals surface area contributed by atoms with E-state index in [2.05, 4.69) is 0 Å². The number of rotatable bonds is 7. The van der Waals surface area contributed by atoms with Crippen LogP contribution in [-0.2, 0) is 11.3 Å². The summed E-state index contributed by atoms with van der Waals surface area (Å²) in [5.41, 5.74) is 1.76. The molecule has 162 valence electrons. The van der Waals surface area contributed by atoms with Crippen molar-refractivity contribution in [3.05, 3.63) is 70.2 Å². The minimum Gasteiger partial charge on any atom is -0.343 e. The summed E-state index contributed by atoms with van der Waals surface area (Å²) < 4.78 is 36.7. The van der Waals surface area contributed by atoms with Crippen molar-refractivity contribution in [2.24, 2.45) is 5.92 Å². The molecule has 0 aliphatic heterocycles. The minimum absolute atomic E-state index is 0.0562. The molecule has 0 spiro atoms. The predicted molar refractivity (Wildman–Crippen MR) is 110 cm³/mol. The van der Waals surface area contributed by atoms with Crippen molar-refractivity contribution in [3.63, 3.8) is 0 Å². The lowest BCUT2D eigenvalue weighted by Gasteiger charge is -2.27. The average molecular weight is 441 g/mol. The van der Waals surface area contributed by atoms with Crippen LogP contribution in [0.15, 0.2) is 48.5 Å². The SMILES string of the molecule is CC(C)C(C(=O)N(C)Cc1ccc(C(=O)NCC(F)(F)F)cc1)c1ccc(Cl)cc1. The van der Waals surface area contributed by atoms with Crippen molar-refractivity contribution < 1.29 is 22.8 Å². The third-order valence-electron chi connectivity index (χ3n) is 4.62. The zero-order chi connectivity index (χ0) is 22.5. The summed E-state index contributed by atoms with van der Waals surface area (Å²) in [5, 5.41) is 2.43. The third-order valence-corrected chi connectivity index (χ3v) is 4.88. The van der Waals surface area contributed by atoms with Gasteiger partial charge in [-0.1, -0.05) is 49.7 Å². The molecule has 2 aromatic carbocycles. The highest BCUT2D eigenvalue weighted by Crippen LogP contribution is 2.28. The van der Waals surface area contributed by atoms with Crippen LogP contribution >= 0.6 is 11.6 Å². The maximum absolute atomic E-state index is 13.1. The van der Waals surface area contributed by atoms with Gasteiger partial charge in [0, 0.05) is 24.2 Å². The maximum Gasteiger partial charge on any atom is 0.405 e. The van der Waals surface area contributed by atoms with Gasteiger partial charge in [-0.2, -0.15) is 13.2 Å². The van der Waals surface area contributed by atoms with Gasteiger partial charge in [-0.05, 0) is 41.3 Å². The largest absolute Gasteiger partial charge is 0.405 e. The number of benzene rings is 2. The molecule has 0 fully saturated rings. The number of hydrogen-bond donors (Lipinski definition) is 1. The molecule has 0 aromatic heterocycles. The van der Waals surface area contributed by atoms with Crippen LogP contribution in [0.4, 0.5) is 13.2 Å². The van der Waals surface area contributed by atoms with E-state index < -0.39 is 18.6 Å². The molecular weight excluding hydrogens is 417 g/mol. The summed E-state index contributed by atoms with van der Waals surface area (Å²) >= 11 is 5.94. The molecule has 30 heavy (non-hydrogen) atoms. The van der Waals surface area contributed by atoms with Crippen LogP contribution in [0.25, 0.3) is 0 Å². The van der Waals surface area contributed by atoms with Crippen LogP contribution in [0.2, 0.25) is 5.02 Å². The molecule has 1 unspecified atom stereocenters. The summed E-state index contributed by atoms with van der Waals surface area (Å²) in [6.07, 6.45) is -4.46. The van der Waals surface area contributed by atoms with E-state index in [-0.39, 0.29) is 23.3 Å². The first-order chi connectivity index (χ1) is 14.0. The van der Waals surface area contributed by atoms with E-state index in [1.165, 1.54) is 12.1 Å². The standard InChI is InChI=1S/C22H24ClF3N2O2/c1-14(2)19(16-8-10-18(23)11-9-16)21(30)28(3)12-15-4-6-17(7-5-15)20(29)27-13-22(24,25)26/h4-11,14,19H,12-13H2,1-3H3,(H,27,29). The number of halogens is 4. The summed E-state index contributed by atoms with van der Waals surface area (Å²) in [4.78, 5) is 26.4. The van der Waals surface area contributed by atoms with Crippen LogP contribution in [0.1, 0.15) is 41.3 Å². The number of nitrogens with zero attached hydrogens (tertiary/aromatic N) is 1. The van der Waals surface area contributed by atoms with Crippen LogP contribution < -0.4 is 5.32 Å². The molecule has 0 saturated heterocycles. The quantitative estimate of drug-likeness (QED) is 0.656. The zero-order valence-electron chi connectivity index (χ0n) is 17.0. The van der Waals surface area contributed by atoms with E-state index >= 15 is 0 Å². The molecule has 0 aliphatic rings. The Labute approximate surface area is 179 Å². The Hall–Kier alpha value is -2.54. The van der Waals surface area contributed by atoms with Crippen LogP contribution in [0, 0.1) is 5.92 Å². The number of carbonyl (C=O) groups excluding carboxylic acids is 2. The molecule has 0 bridgehead atoms. The maximum atomic E-state index is 13.1. The molecule has 8 heteroatoms. The number of carbonyl (C=O) groups is 2. The molecule has 0 heterocycles. The van der Waals surface area contributed by atoms with Gasteiger partial charge in [0.25, 0.3) is 5.91 Å². The molecule has 2 rings (SSSR count). The first-order valence-electron chi connectivity index (χ1n) is 9.42. The molecule has 0 aliphatic carbocycles. The van der Waals surface area contributed by atoms with Crippen molar-refractivity contribution in [1.29, 1.82) is 0 Å². The van der Waals surface area contributed by atoms with Gasteiger partial charge in [0.15, 0.2) is 0 Å². The normalized spacial score (nSPS) is 12.5. The third kappa shape index (κ3) is 6.76. The Balaban J connectivity index is 2.05. The molecule has 2 aromatic rings. The fourth-order valence-corrected chi connectivity index (χ4v) is 3.24. The molecule has 2 amide bonds. The summed E-state index contributed by atoms with van der Waals surface area (Å²) in [5.74, 6) is -1.12. The molecular formula is C22H24ClF3N2O2. The smallest absolute Gasteiger partial charge is 0.343 e. The van der Waals surface area contributed by atoms with Crippen molar-refractivity contribution in [2.45, 2.75) is 32.5 Å². The van der Waals surface area contributed by atoms with Gasteiger partial charge in [0.2, 0.25) is 5.91 Å². The second-order valence-electron chi connectivity index (χ2n) is 7.46. The Bertz CT molecular complexity index is 865. The summed E-state index contributed by atoms with van der Waals surface area (Å²) in [7, 11) is 1.69. The zero-order valence-corrected chi connectivity index (χ0v) is 17.7. The lowest BCUT2D eigenvalue weighted by Crippen LogP contribution is -2.34. The van der Waals surface area contributed by atoms with E-state index in [1.807, 2.05) is 31.3 Å². The molecule has 1 atom stereocenters. The van der Waals surface area contributed by atoms with Gasteiger partial charge in [-0.15, -0.1) is 0 Å². The van der Waals surface area contributed by atoms with Gasteiger partial charge in [0.05, 0.1) is 5.92 Å². The predicted octanol–water partition coefficient (Wildman–Crippen LogP) is 5.03. The van der Waals surface area contributed by atoms with E-state index in [9.17, 15) is 22.8 Å². The van der Waals surface area contributed by atoms with Gasteiger partial charge in [-0.3, -0.25) is 9.59 Å². The highest BCUT2D eigenvalue weighted by molar-refractivity contribution is 6.30. The van der Waals surface area contributed by atoms with Crippen LogP contribution in [0.5, 0.6) is 0 Å². The fourth-order valence-electron chi connectivity index (χ4n) is 3.12. The van der Waals surface area contributed by atoms with Gasteiger partial charge >= 0.3 is 6.18 Å². The molecule has 0 saturated carbocycles. The number of nitrogens with one attached hydrogen (secondary N) is 1. The molecule has 4 nitrogen and oxygen atoms in total. The second-order valence-corrected chi connectivity index (χ2v) is 7.90.